The average Bonchev–Trinajstić information content (AvgIpc) is 2.56. The van der Waals surface area contributed by atoms with Crippen LogP contribution < -0.4 is 5.73 Å². The first-order valence-corrected chi connectivity index (χ1v) is 4.33. The number of H-pyrrole nitrogens is 1. The summed E-state index contributed by atoms with van der Waals surface area (Å²) in [6.07, 6.45) is 1.86. The molecule has 0 fully saturated rings. The Kier molecular flexibility index (Phi) is 3.48. The van der Waals surface area contributed by atoms with Gasteiger partial charge in [0.2, 0.25) is 0 Å². The standard InChI is InChI=1S/C9H17N3O/c1-12(2)9(7(10)6-13)8-4-3-5-11-8/h3-5,7,9,11,13H,6,10H2,1-2H3. The summed E-state index contributed by atoms with van der Waals surface area (Å²) < 4.78 is 0. The van der Waals surface area contributed by atoms with Crippen molar-refractivity contribution in [2.45, 2.75) is 12.1 Å². The zero-order valence-corrected chi connectivity index (χ0v) is 8.07. The molecule has 0 aromatic carbocycles. The second kappa shape index (κ2) is 4.41. The molecule has 1 rings (SSSR count). The molecule has 1 aromatic heterocycles. The Bertz CT molecular complexity index is 233. The van der Waals surface area contributed by atoms with E-state index in [0.717, 1.165) is 5.69 Å². The monoisotopic (exact) mass is 183 g/mol. The van der Waals surface area contributed by atoms with Crippen LogP contribution in [0.5, 0.6) is 0 Å². The van der Waals surface area contributed by atoms with Crippen LogP contribution in [0.2, 0.25) is 0 Å². The van der Waals surface area contributed by atoms with Crippen molar-refractivity contribution in [3.63, 3.8) is 0 Å². The number of hydrogen-bond acceptors (Lipinski definition) is 3. The highest BCUT2D eigenvalue weighted by Crippen LogP contribution is 2.18. The van der Waals surface area contributed by atoms with Gasteiger partial charge in [-0.15, -0.1) is 0 Å². The minimum atomic E-state index is -0.256. The largest absolute Gasteiger partial charge is 0.395 e. The fourth-order valence-electron chi connectivity index (χ4n) is 1.52. The van der Waals surface area contributed by atoms with E-state index in [-0.39, 0.29) is 18.7 Å². The average molecular weight is 183 g/mol. The normalized spacial score (nSPS) is 16.1. The van der Waals surface area contributed by atoms with E-state index in [0.29, 0.717) is 0 Å². The third-order valence-electron chi connectivity index (χ3n) is 2.11. The SMILES string of the molecule is CN(C)C(c1ccc[nH]1)C(N)CO. The van der Waals surface area contributed by atoms with Crippen molar-refractivity contribution in [2.24, 2.45) is 5.73 Å². The van der Waals surface area contributed by atoms with Crippen molar-refractivity contribution in [1.29, 1.82) is 0 Å². The van der Waals surface area contributed by atoms with Gasteiger partial charge in [0.25, 0.3) is 0 Å². The van der Waals surface area contributed by atoms with Gasteiger partial charge in [0, 0.05) is 17.9 Å². The first-order valence-electron chi connectivity index (χ1n) is 4.33. The molecule has 13 heavy (non-hydrogen) atoms. The number of nitrogens with one attached hydrogen (secondary N) is 1. The van der Waals surface area contributed by atoms with E-state index in [1.807, 2.05) is 37.3 Å². The van der Waals surface area contributed by atoms with Crippen molar-refractivity contribution in [3.8, 4) is 0 Å². The molecule has 4 heteroatoms. The summed E-state index contributed by atoms with van der Waals surface area (Å²) in [5.74, 6) is 0. The molecular formula is C9H17N3O. The van der Waals surface area contributed by atoms with E-state index < -0.39 is 0 Å². The Labute approximate surface area is 78.4 Å². The molecule has 0 bridgehead atoms. The van der Waals surface area contributed by atoms with Gasteiger partial charge in [-0.3, -0.25) is 4.90 Å². The summed E-state index contributed by atoms with van der Waals surface area (Å²) >= 11 is 0. The maximum atomic E-state index is 8.99. The molecule has 1 heterocycles. The predicted molar refractivity (Wildman–Crippen MR) is 52.3 cm³/mol. The lowest BCUT2D eigenvalue weighted by Gasteiger charge is -2.27. The molecule has 0 aliphatic carbocycles. The number of rotatable bonds is 4. The second-order valence-electron chi connectivity index (χ2n) is 3.38. The molecule has 4 nitrogen and oxygen atoms in total. The van der Waals surface area contributed by atoms with Gasteiger partial charge in [-0.05, 0) is 26.2 Å². The van der Waals surface area contributed by atoms with Crippen LogP contribution in [-0.4, -0.2) is 41.7 Å². The lowest BCUT2D eigenvalue weighted by Crippen LogP contribution is -2.40. The maximum absolute atomic E-state index is 8.99. The minimum Gasteiger partial charge on any atom is -0.395 e. The summed E-state index contributed by atoms with van der Waals surface area (Å²) in [4.78, 5) is 5.09. The van der Waals surface area contributed by atoms with Crippen LogP contribution in [0, 0.1) is 0 Å². The topological polar surface area (TPSA) is 65.3 Å². The zero-order valence-electron chi connectivity index (χ0n) is 8.07. The van der Waals surface area contributed by atoms with Crippen molar-refractivity contribution in [1.82, 2.24) is 9.88 Å². The molecule has 0 saturated heterocycles. The Morgan fingerprint density at radius 1 is 1.62 bits per heavy atom. The fourth-order valence-corrected chi connectivity index (χ4v) is 1.52. The van der Waals surface area contributed by atoms with E-state index in [4.69, 9.17) is 10.8 Å². The number of aliphatic hydroxyl groups is 1. The molecule has 0 saturated carbocycles. The summed E-state index contributed by atoms with van der Waals surface area (Å²) in [7, 11) is 3.89. The molecule has 0 amide bonds. The van der Waals surface area contributed by atoms with Crippen LogP contribution in [0.1, 0.15) is 11.7 Å². The molecule has 0 aliphatic heterocycles. The van der Waals surface area contributed by atoms with Crippen molar-refractivity contribution >= 4 is 0 Å². The fraction of sp³-hybridized carbons (Fsp3) is 0.556. The number of nitrogens with two attached hydrogens (primary N) is 1. The van der Waals surface area contributed by atoms with Crippen LogP contribution in [0.3, 0.4) is 0 Å². The minimum absolute atomic E-state index is 0.0120. The Morgan fingerprint density at radius 3 is 2.69 bits per heavy atom. The Hall–Kier alpha value is -0.840. The van der Waals surface area contributed by atoms with E-state index in [2.05, 4.69) is 4.98 Å². The Morgan fingerprint density at radius 2 is 2.31 bits per heavy atom. The zero-order chi connectivity index (χ0) is 9.84. The number of aromatic amines is 1. The van der Waals surface area contributed by atoms with Crippen LogP contribution in [-0.2, 0) is 0 Å². The highest BCUT2D eigenvalue weighted by atomic mass is 16.3. The van der Waals surface area contributed by atoms with Gasteiger partial charge in [0.05, 0.1) is 12.6 Å². The second-order valence-corrected chi connectivity index (χ2v) is 3.38. The molecule has 0 aliphatic rings. The number of aliphatic hydroxyl groups excluding tert-OH is 1. The van der Waals surface area contributed by atoms with Gasteiger partial charge >= 0.3 is 0 Å². The van der Waals surface area contributed by atoms with Crippen LogP contribution in [0.15, 0.2) is 18.3 Å². The van der Waals surface area contributed by atoms with Gasteiger partial charge < -0.3 is 15.8 Å². The number of nitrogens with zero attached hydrogens (tertiary/aromatic N) is 1. The molecule has 74 valence electrons. The van der Waals surface area contributed by atoms with Gasteiger partial charge in [-0.1, -0.05) is 0 Å². The van der Waals surface area contributed by atoms with E-state index in [1.165, 1.54) is 0 Å². The van der Waals surface area contributed by atoms with E-state index >= 15 is 0 Å². The highest BCUT2D eigenvalue weighted by Gasteiger charge is 2.21. The van der Waals surface area contributed by atoms with Gasteiger partial charge in [0.1, 0.15) is 0 Å². The molecule has 2 unspecified atom stereocenters. The molecule has 0 radical (unpaired) electrons. The van der Waals surface area contributed by atoms with Gasteiger partial charge in [0.15, 0.2) is 0 Å². The number of likely N-dealkylation sites (N-methyl/N-ethyl adjacent to an activating group) is 1. The van der Waals surface area contributed by atoms with Crippen molar-refractivity contribution < 1.29 is 5.11 Å². The Balaban J connectivity index is 2.80. The lowest BCUT2D eigenvalue weighted by atomic mass is 10.1. The maximum Gasteiger partial charge on any atom is 0.0669 e. The van der Waals surface area contributed by atoms with Crippen molar-refractivity contribution in [3.05, 3.63) is 24.0 Å². The highest BCUT2D eigenvalue weighted by molar-refractivity contribution is 5.11. The van der Waals surface area contributed by atoms with Crippen LogP contribution >= 0.6 is 0 Å². The molecular weight excluding hydrogens is 166 g/mol. The summed E-state index contributed by atoms with van der Waals surface area (Å²) in [5, 5.41) is 8.99. The van der Waals surface area contributed by atoms with Gasteiger partial charge in [-0.2, -0.15) is 0 Å². The predicted octanol–water partition coefficient (Wildman–Crippen LogP) is -0.0630. The first-order chi connectivity index (χ1) is 6.16. The van der Waals surface area contributed by atoms with Crippen LogP contribution in [0.4, 0.5) is 0 Å². The third-order valence-corrected chi connectivity index (χ3v) is 2.11. The van der Waals surface area contributed by atoms with E-state index in [9.17, 15) is 0 Å². The van der Waals surface area contributed by atoms with Crippen LogP contribution in [0.25, 0.3) is 0 Å². The molecule has 0 spiro atoms. The molecule has 4 N–H and O–H groups in total. The number of hydrogen-bond donors (Lipinski definition) is 3. The smallest absolute Gasteiger partial charge is 0.0669 e. The molecule has 1 aromatic rings. The summed E-state index contributed by atoms with van der Waals surface area (Å²) in [6.45, 7) is -0.0120. The lowest BCUT2D eigenvalue weighted by molar-refractivity contribution is 0.179. The van der Waals surface area contributed by atoms with Gasteiger partial charge in [-0.25, -0.2) is 0 Å². The quantitative estimate of drug-likeness (QED) is 0.612. The molecule has 2 atom stereocenters. The third kappa shape index (κ3) is 2.30. The summed E-state index contributed by atoms with van der Waals surface area (Å²) in [6, 6.07) is 3.68. The summed E-state index contributed by atoms with van der Waals surface area (Å²) in [5.41, 5.74) is 6.83. The van der Waals surface area contributed by atoms with Crippen molar-refractivity contribution in [2.75, 3.05) is 20.7 Å². The first kappa shape index (κ1) is 10.2. The number of aromatic nitrogens is 1. The van der Waals surface area contributed by atoms with E-state index in [1.54, 1.807) is 0 Å².